The number of aromatic nitrogens is 1. The lowest BCUT2D eigenvalue weighted by atomic mass is 10.2. The molecule has 1 fully saturated rings. The van der Waals surface area contributed by atoms with Crippen molar-refractivity contribution in [2.75, 3.05) is 23.8 Å². The Hall–Kier alpha value is -1.89. The van der Waals surface area contributed by atoms with Crippen LogP contribution in [-0.4, -0.2) is 35.9 Å². The second-order valence-electron chi connectivity index (χ2n) is 7.02. The van der Waals surface area contributed by atoms with Crippen molar-refractivity contribution in [3.8, 4) is 0 Å². The van der Waals surface area contributed by atoms with Gasteiger partial charge in [-0.2, -0.15) is 0 Å². The number of aryl methyl sites for hydroxylation is 1. The van der Waals surface area contributed by atoms with Crippen LogP contribution in [-0.2, 0) is 9.53 Å². The number of carbonyl (C=O) groups excluding carboxylic acids is 1. The molecule has 146 valence electrons. The number of thiazole rings is 1. The number of amides is 1. The molecule has 1 aliphatic heterocycles. The van der Waals surface area contributed by atoms with Gasteiger partial charge in [-0.15, -0.1) is 11.8 Å². The first-order valence-corrected chi connectivity index (χ1v) is 11.5. The Morgan fingerprint density at radius 1 is 1.29 bits per heavy atom. The Labute approximate surface area is 173 Å². The molecule has 1 aliphatic rings. The highest BCUT2D eigenvalue weighted by molar-refractivity contribution is 7.99. The molecule has 1 unspecified atom stereocenters. The largest absolute Gasteiger partial charge is 0.376 e. The van der Waals surface area contributed by atoms with Crippen molar-refractivity contribution in [2.24, 2.45) is 0 Å². The van der Waals surface area contributed by atoms with E-state index >= 15 is 0 Å². The maximum atomic E-state index is 13.1. The molecule has 4 rings (SSSR count). The number of thioether (sulfide) groups is 1. The molecule has 0 aliphatic carbocycles. The lowest BCUT2D eigenvalue weighted by molar-refractivity contribution is -0.118. The summed E-state index contributed by atoms with van der Waals surface area (Å²) in [5, 5.41) is 0.783. The van der Waals surface area contributed by atoms with E-state index in [2.05, 4.69) is 31.2 Å². The summed E-state index contributed by atoms with van der Waals surface area (Å²) in [6.07, 6.45) is 2.67. The van der Waals surface area contributed by atoms with E-state index < -0.39 is 0 Å². The van der Waals surface area contributed by atoms with Gasteiger partial charge in [0.2, 0.25) is 5.91 Å². The molecule has 1 amide bonds. The van der Waals surface area contributed by atoms with E-state index in [1.165, 1.54) is 10.5 Å². The first-order valence-electron chi connectivity index (χ1n) is 9.66. The number of benzene rings is 2. The highest BCUT2D eigenvalue weighted by atomic mass is 32.2. The average Bonchev–Trinajstić information content (AvgIpc) is 3.36. The number of rotatable bonds is 7. The fraction of sp³-hybridized carbons (Fsp3) is 0.364. The zero-order chi connectivity index (χ0) is 19.3. The van der Waals surface area contributed by atoms with Crippen LogP contribution in [0.5, 0.6) is 0 Å². The highest BCUT2D eigenvalue weighted by Gasteiger charge is 2.26. The number of hydrogen-bond acceptors (Lipinski definition) is 5. The van der Waals surface area contributed by atoms with Gasteiger partial charge in [-0.05, 0) is 49.6 Å². The van der Waals surface area contributed by atoms with Crippen molar-refractivity contribution >= 4 is 44.4 Å². The molecule has 2 aromatic carbocycles. The lowest BCUT2D eigenvalue weighted by Gasteiger charge is -2.23. The van der Waals surface area contributed by atoms with Crippen molar-refractivity contribution in [2.45, 2.75) is 37.2 Å². The standard InChI is InChI=1S/C22H24N2O2S2/c1-16-9-10-19-20(14-16)28-22(23-19)24(15-17-6-5-12-26-17)21(25)11-13-27-18-7-3-2-4-8-18/h2-4,7-10,14,17H,5-6,11-13,15H2,1H3. The third kappa shape index (κ3) is 4.74. The van der Waals surface area contributed by atoms with Crippen molar-refractivity contribution in [3.63, 3.8) is 0 Å². The number of fused-ring (bicyclic) bond motifs is 1. The first kappa shape index (κ1) is 19.4. The molecule has 2 heterocycles. The van der Waals surface area contributed by atoms with E-state index in [4.69, 9.17) is 9.72 Å². The fourth-order valence-electron chi connectivity index (χ4n) is 3.32. The van der Waals surface area contributed by atoms with E-state index in [0.29, 0.717) is 13.0 Å². The highest BCUT2D eigenvalue weighted by Crippen LogP contribution is 2.31. The Bertz CT molecular complexity index is 936. The molecule has 4 nitrogen and oxygen atoms in total. The van der Waals surface area contributed by atoms with Gasteiger partial charge >= 0.3 is 0 Å². The van der Waals surface area contributed by atoms with Gasteiger partial charge in [0, 0.05) is 23.7 Å². The van der Waals surface area contributed by atoms with Crippen LogP contribution in [0.4, 0.5) is 5.13 Å². The van der Waals surface area contributed by atoms with Gasteiger partial charge in [-0.25, -0.2) is 4.98 Å². The number of nitrogens with zero attached hydrogens (tertiary/aromatic N) is 2. The minimum atomic E-state index is 0.111. The molecule has 1 aromatic heterocycles. The Morgan fingerprint density at radius 2 is 2.14 bits per heavy atom. The Morgan fingerprint density at radius 3 is 2.93 bits per heavy atom. The predicted octanol–water partition coefficient (Wildman–Crippen LogP) is 5.30. The topological polar surface area (TPSA) is 42.4 Å². The molecule has 1 atom stereocenters. The molecule has 0 bridgehead atoms. The Balaban J connectivity index is 1.49. The monoisotopic (exact) mass is 412 g/mol. The lowest BCUT2D eigenvalue weighted by Crippen LogP contribution is -2.37. The quantitative estimate of drug-likeness (QED) is 0.494. The van der Waals surface area contributed by atoms with E-state index in [-0.39, 0.29) is 12.0 Å². The van der Waals surface area contributed by atoms with Crippen LogP contribution in [0, 0.1) is 6.92 Å². The zero-order valence-electron chi connectivity index (χ0n) is 16.0. The van der Waals surface area contributed by atoms with E-state index in [1.54, 1.807) is 23.1 Å². The molecule has 1 saturated heterocycles. The van der Waals surface area contributed by atoms with Gasteiger partial charge < -0.3 is 4.74 Å². The van der Waals surface area contributed by atoms with Crippen molar-refractivity contribution in [3.05, 3.63) is 54.1 Å². The van der Waals surface area contributed by atoms with Crippen LogP contribution in [0.15, 0.2) is 53.4 Å². The number of carbonyl (C=O) groups is 1. The SMILES string of the molecule is Cc1ccc2nc(N(CC3CCCO3)C(=O)CCSc3ccccc3)sc2c1. The summed E-state index contributed by atoms with van der Waals surface area (Å²) < 4.78 is 6.92. The molecule has 6 heteroatoms. The summed E-state index contributed by atoms with van der Waals surface area (Å²) in [4.78, 5) is 20.9. The maximum absolute atomic E-state index is 13.1. The van der Waals surface area contributed by atoms with Crippen LogP contribution >= 0.6 is 23.1 Å². The normalized spacial score (nSPS) is 16.5. The van der Waals surface area contributed by atoms with Gasteiger partial charge in [0.15, 0.2) is 5.13 Å². The van der Waals surface area contributed by atoms with Gasteiger partial charge in [0.1, 0.15) is 0 Å². The first-order chi connectivity index (χ1) is 13.7. The zero-order valence-corrected chi connectivity index (χ0v) is 17.6. The van der Waals surface area contributed by atoms with Gasteiger partial charge in [0.25, 0.3) is 0 Å². The summed E-state index contributed by atoms with van der Waals surface area (Å²) in [5.41, 5.74) is 2.16. The van der Waals surface area contributed by atoms with E-state index in [1.807, 2.05) is 29.2 Å². The third-order valence-electron chi connectivity index (χ3n) is 4.80. The molecule has 0 N–H and O–H groups in total. The van der Waals surface area contributed by atoms with Crippen LogP contribution in [0.3, 0.4) is 0 Å². The number of ether oxygens (including phenoxy) is 1. The second-order valence-corrected chi connectivity index (χ2v) is 9.20. The molecular formula is C22H24N2O2S2. The molecule has 28 heavy (non-hydrogen) atoms. The van der Waals surface area contributed by atoms with Crippen LogP contribution in [0.1, 0.15) is 24.8 Å². The van der Waals surface area contributed by atoms with Gasteiger partial charge in [-0.3, -0.25) is 9.69 Å². The molecular weight excluding hydrogens is 388 g/mol. The van der Waals surface area contributed by atoms with E-state index in [0.717, 1.165) is 40.5 Å². The summed E-state index contributed by atoms with van der Waals surface area (Å²) >= 11 is 3.31. The number of hydrogen-bond donors (Lipinski definition) is 0. The minimum Gasteiger partial charge on any atom is -0.376 e. The van der Waals surface area contributed by atoms with Crippen molar-refractivity contribution in [1.82, 2.24) is 4.98 Å². The van der Waals surface area contributed by atoms with Gasteiger partial charge in [0.05, 0.1) is 22.9 Å². The average molecular weight is 413 g/mol. The third-order valence-corrected chi connectivity index (χ3v) is 6.86. The molecule has 0 spiro atoms. The fourth-order valence-corrected chi connectivity index (χ4v) is 5.27. The summed E-state index contributed by atoms with van der Waals surface area (Å²) in [6.45, 7) is 3.46. The summed E-state index contributed by atoms with van der Waals surface area (Å²) in [7, 11) is 0. The second kappa shape index (κ2) is 9.07. The Kier molecular flexibility index (Phi) is 6.29. The summed E-state index contributed by atoms with van der Waals surface area (Å²) in [5.74, 6) is 0.879. The van der Waals surface area contributed by atoms with Crippen molar-refractivity contribution in [1.29, 1.82) is 0 Å². The molecule has 0 radical (unpaired) electrons. The minimum absolute atomic E-state index is 0.111. The van der Waals surface area contributed by atoms with E-state index in [9.17, 15) is 4.79 Å². The number of anilines is 1. The predicted molar refractivity (Wildman–Crippen MR) is 117 cm³/mol. The molecule has 0 saturated carbocycles. The smallest absolute Gasteiger partial charge is 0.229 e. The van der Waals surface area contributed by atoms with Crippen LogP contribution in [0.25, 0.3) is 10.2 Å². The summed E-state index contributed by atoms with van der Waals surface area (Å²) in [6, 6.07) is 16.4. The molecule has 3 aromatic rings. The van der Waals surface area contributed by atoms with Gasteiger partial charge in [-0.1, -0.05) is 35.6 Å². The van der Waals surface area contributed by atoms with Crippen molar-refractivity contribution < 1.29 is 9.53 Å². The maximum Gasteiger partial charge on any atom is 0.229 e. The van der Waals surface area contributed by atoms with Crippen LogP contribution in [0.2, 0.25) is 0 Å². The van der Waals surface area contributed by atoms with Crippen LogP contribution < -0.4 is 4.90 Å².